The number of hydrogen-bond donors (Lipinski definition) is 1. The Bertz CT molecular complexity index is 97.2. The highest BCUT2D eigenvalue weighted by molar-refractivity contribution is 8.93. The van der Waals surface area contributed by atoms with Crippen molar-refractivity contribution in [2.45, 2.75) is 25.7 Å². The van der Waals surface area contributed by atoms with Crippen molar-refractivity contribution in [3.63, 3.8) is 0 Å². The van der Waals surface area contributed by atoms with E-state index in [-0.39, 0.29) is 22.9 Å². The van der Waals surface area contributed by atoms with Crippen molar-refractivity contribution < 1.29 is 9.90 Å². The zero-order chi connectivity index (χ0) is 5.98. The van der Waals surface area contributed by atoms with Gasteiger partial charge in [0.1, 0.15) is 0 Å². The van der Waals surface area contributed by atoms with Crippen LogP contribution in [0.4, 0.5) is 0 Å². The van der Waals surface area contributed by atoms with Crippen LogP contribution >= 0.6 is 17.0 Å². The summed E-state index contributed by atoms with van der Waals surface area (Å²) in [6.45, 7) is 0. The molecular weight excluding hydrogens is 184 g/mol. The summed E-state index contributed by atoms with van der Waals surface area (Å²) < 4.78 is 0. The van der Waals surface area contributed by atoms with Crippen LogP contribution < -0.4 is 0 Å². The lowest BCUT2D eigenvalue weighted by molar-refractivity contribution is -0.141. The summed E-state index contributed by atoms with van der Waals surface area (Å²) in [5, 5.41) is 8.41. The van der Waals surface area contributed by atoms with Crippen LogP contribution in [-0.4, -0.2) is 11.1 Å². The fraction of sp³-hybridized carbons (Fsp3) is 0.833. The summed E-state index contributed by atoms with van der Waals surface area (Å²) in [7, 11) is 0. The minimum Gasteiger partial charge on any atom is -0.481 e. The average Bonchev–Trinajstić information content (AvgIpc) is 2.12. The Balaban J connectivity index is 0.000000640. The Kier molecular flexibility index (Phi) is 3.86. The topological polar surface area (TPSA) is 37.3 Å². The first kappa shape index (κ1) is 8.95. The molecule has 0 atom stereocenters. The number of carbonyl (C=O) groups is 1. The quantitative estimate of drug-likeness (QED) is 0.693. The Morgan fingerprint density at radius 1 is 1.33 bits per heavy atom. The monoisotopic (exact) mass is 194 g/mol. The molecule has 54 valence electrons. The predicted octanol–water partition coefficient (Wildman–Crippen LogP) is 1.84. The van der Waals surface area contributed by atoms with Gasteiger partial charge >= 0.3 is 5.97 Å². The van der Waals surface area contributed by atoms with E-state index in [1.807, 2.05) is 0 Å². The fourth-order valence-corrected chi connectivity index (χ4v) is 1.17. The molecule has 0 bridgehead atoms. The molecule has 3 heteroatoms. The molecule has 0 aromatic carbocycles. The molecule has 0 spiro atoms. The van der Waals surface area contributed by atoms with Gasteiger partial charge < -0.3 is 5.11 Å². The summed E-state index contributed by atoms with van der Waals surface area (Å²) in [6, 6.07) is 0. The van der Waals surface area contributed by atoms with Crippen LogP contribution in [0.25, 0.3) is 0 Å². The van der Waals surface area contributed by atoms with E-state index in [4.69, 9.17) is 5.11 Å². The van der Waals surface area contributed by atoms with Crippen LogP contribution in [0.3, 0.4) is 0 Å². The van der Waals surface area contributed by atoms with Crippen molar-refractivity contribution in [2.75, 3.05) is 0 Å². The minimum atomic E-state index is -0.609. The van der Waals surface area contributed by atoms with E-state index < -0.39 is 5.97 Å². The lowest BCUT2D eigenvalue weighted by atomic mass is 10.1. The average molecular weight is 195 g/mol. The maximum absolute atomic E-state index is 10.2. The molecule has 1 aliphatic carbocycles. The first-order chi connectivity index (χ1) is 3.80. The van der Waals surface area contributed by atoms with Crippen LogP contribution in [-0.2, 0) is 4.79 Å². The van der Waals surface area contributed by atoms with E-state index in [0.29, 0.717) is 0 Å². The number of carboxylic acids is 1. The molecule has 1 aliphatic rings. The Morgan fingerprint density at radius 3 is 2.00 bits per heavy atom. The smallest absolute Gasteiger partial charge is 0.306 e. The van der Waals surface area contributed by atoms with Gasteiger partial charge in [-0.15, -0.1) is 17.0 Å². The molecular formula is C6H11BrO2. The SMILES string of the molecule is Br.O=C(O)C1CCCC1. The molecule has 0 amide bonds. The van der Waals surface area contributed by atoms with Gasteiger partial charge in [0.05, 0.1) is 5.92 Å². The molecule has 0 saturated heterocycles. The van der Waals surface area contributed by atoms with Crippen LogP contribution in [0.15, 0.2) is 0 Å². The van der Waals surface area contributed by atoms with Crippen molar-refractivity contribution in [2.24, 2.45) is 5.92 Å². The normalized spacial score (nSPS) is 19.1. The third kappa shape index (κ3) is 2.35. The van der Waals surface area contributed by atoms with Gasteiger partial charge in [-0.05, 0) is 12.8 Å². The van der Waals surface area contributed by atoms with Gasteiger partial charge in [0.2, 0.25) is 0 Å². The summed E-state index contributed by atoms with van der Waals surface area (Å²) in [5.41, 5.74) is 0. The molecule has 0 aliphatic heterocycles. The molecule has 1 fully saturated rings. The molecule has 0 radical (unpaired) electrons. The van der Waals surface area contributed by atoms with Crippen LogP contribution in [0, 0.1) is 5.92 Å². The van der Waals surface area contributed by atoms with Gasteiger partial charge in [-0.25, -0.2) is 0 Å². The fourth-order valence-electron chi connectivity index (χ4n) is 1.17. The summed E-state index contributed by atoms with van der Waals surface area (Å²) in [6.07, 6.45) is 4.01. The number of rotatable bonds is 1. The van der Waals surface area contributed by atoms with Gasteiger partial charge in [-0.2, -0.15) is 0 Å². The molecule has 0 heterocycles. The van der Waals surface area contributed by atoms with Crippen LogP contribution in [0.2, 0.25) is 0 Å². The predicted molar refractivity (Wildman–Crippen MR) is 39.9 cm³/mol. The van der Waals surface area contributed by atoms with Crippen molar-refractivity contribution in [3.8, 4) is 0 Å². The highest BCUT2D eigenvalue weighted by Crippen LogP contribution is 2.24. The molecule has 2 nitrogen and oxygen atoms in total. The molecule has 1 N–H and O–H groups in total. The van der Waals surface area contributed by atoms with Gasteiger partial charge in [-0.1, -0.05) is 12.8 Å². The second-order valence-corrected chi connectivity index (χ2v) is 2.32. The molecule has 0 unspecified atom stereocenters. The molecule has 1 saturated carbocycles. The number of aliphatic carboxylic acids is 1. The van der Waals surface area contributed by atoms with Gasteiger partial charge in [0.25, 0.3) is 0 Å². The highest BCUT2D eigenvalue weighted by Gasteiger charge is 2.20. The second kappa shape index (κ2) is 3.88. The summed E-state index contributed by atoms with van der Waals surface area (Å²) in [4.78, 5) is 10.2. The molecule has 0 aromatic rings. The van der Waals surface area contributed by atoms with E-state index >= 15 is 0 Å². The molecule has 0 aromatic heterocycles. The first-order valence-electron chi connectivity index (χ1n) is 3.03. The number of hydrogen-bond acceptors (Lipinski definition) is 1. The highest BCUT2D eigenvalue weighted by atomic mass is 79.9. The third-order valence-corrected chi connectivity index (χ3v) is 1.70. The van der Waals surface area contributed by atoms with E-state index in [0.717, 1.165) is 25.7 Å². The van der Waals surface area contributed by atoms with E-state index in [2.05, 4.69) is 0 Å². The van der Waals surface area contributed by atoms with E-state index in [1.165, 1.54) is 0 Å². The standard InChI is InChI=1S/C6H10O2.BrH/c7-6(8)5-3-1-2-4-5;/h5H,1-4H2,(H,7,8);1H. The van der Waals surface area contributed by atoms with Gasteiger partial charge in [0.15, 0.2) is 0 Å². The summed E-state index contributed by atoms with van der Waals surface area (Å²) in [5.74, 6) is -0.627. The van der Waals surface area contributed by atoms with Crippen LogP contribution in [0.5, 0.6) is 0 Å². The van der Waals surface area contributed by atoms with Crippen LogP contribution in [0.1, 0.15) is 25.7 Å². The van der Waals surface area contributed by atoms with Crippen molar-refractivity contribution in [3.05, 3.63) is 0 Å². The Morgan fingerprint density at radius 2 is 1.78 bits per heavy atom. The van der Waals surface area contributed by atoms with Crippen molar-refractivity contribution in [1.29, 1.82) is 0 Å². The number of carboxylic acid groups (broad SMARTS) is 1. The van der Waals surface area contributed by atoms with Crippen molar-refractivity contribution in [1.82, 2.24) is 0 Å². The lowest BCUT2D eigenvalue weighted by Crippen LogP contribution is -2.07. The first-order valence-corrected chi connectivity index (χ1v) is 3.03. The molecule has 9 heavy (non-hydrogen) atoms. The summed E-state index contributed by atoms with van der Waals surface area (Å²) >= 11 is 0. The van der Waals surface area contributed by atoms with E-state index in [9.17, 15) is 4.79 Å². The largest absolute Gasteiger partial charge is 0.481 e. The maximum Gasteiger partial charge on any atom is 0.306 e. The molecule has 1 rings (SSSR count). The third-order valence-electron chi connectivity index (χ3n) is 1.70. The number of halogens is 1. The Hall–Kier alpha value is -0.0500. The zero-order valence-corrected chi connectivity index (χ0v) is 6.88. The van der Waals surface area contributed by atoms with Gasteiger partial charge in [-0.3, -0.25) is 4.79 Å². The second-order valence-electron chi connectivity index (χ2n) is 2.32. The van der Waals surface area contributed by atoms with Crippen molar-refractivity contribution >= 4 is 23.0 Å². The Labute approximate surface area is 65.0 Å². The lowest BCUT2D eigenvalue weighted by Gasteiger charge is -1.97. The minimum absolute atomic E-state index is 0. The van der Waals surface area contributed by atoms with E-state index in [1.54, 1.807) is 0 Å². The van der Waals surface area contributed by atoms with Gasteiger partial charge in [0, 0.05) is 0 Å². The maximum atomic E-state index is 10.2. The zero-order valence-electron chi connectivity index (χ0n) is 5.17.